The van der Waals surface area contributed by atoms with E-state index in [9.17, 15) is 19.2 Å². The Labute approximate surface area is 224 Å². The number of aryl methyl sites for hydroxylation is 1. The maximum Gasteiger partial charge on any atom is 0.341 e. The third-order valence-electron chi connectivity index (χ3n) is 5.81. The third kappa shape index (κ3) is 8.19. The molecule has 198 valence electrons. The molecule has 1 aromatic heterocycles. The van der Waals surface area contributed by atoms with Crippen molar-refractivity contribution in [2.75, 3.05) is 17.2 Å². The average Bonchev–Trinajstić information content (AvgIpc) is 3.17. The summed E-state index contributed by atoms with van der Waals surface area (Å²) in [6, 6.07) is 7.00. The van der Waals surface area contributed by atoms with Gasteiger partial charge in [-0.3, -0.25) is 9.59 Å². The van der Waals surface area contributed by atoms with Gasteiger partial charge in [0.1, 0.15) is 5.00 Å². The summed E-state index contributed by atoms with van der Waals surface area (Å²) in [6.07, 6.45) is 8.33. The highest BCUT2D eigenvalue weighted by molar-refractivity contribution is 8.00. The summed E-state index contributed by atoms with van der Waals surface area (Å²) in [5.74, 6) is -2.36. The number of nitrogens with one attached hydrogen (secondary N) is 2. The minimum atomic E-state index is -1.21. The van der Waals surface area contributed by atoms with Crippen LogP contribution in [0.3, 0.4) is 0 Å². The van der Waals surface area contributed by atoms with E-state index in [0.717, 1.165) is 66.0 Å². The summed E-state index contributed by atoms with van der Waals surface area (Å²) < 4.78 is 5.34. The number of carboxylic acid groups (broad SMARTS) is 1. The number of hydrogen-bond donors (Lipinski definition) is 3. The highest BCUT2D eigenvalue weighted by Crippen LogP contribution is 2.38. The first-order chi connectivity index (χ1) is 17.8. The quantitative estimate of drug-likeness (QED) is 0.200. The molecular weight excluding hydrogens is 512 g/mol. The second kappa shape index (κ2) is 14.0. The van der Waals surface area contributed by atoms with Crippen LogP contribution in [0.2, 0.25) is 0 Å². The van der Waals surface area contributed by atoms with Gasteiger partial charge >= 0.3 is 11.9 Å². The van der Waals surface area contributed by atoms with Gasteiger partial charge in [0.15, 0.2) is 0 Å². The van der Waals surface area contributed by atoms with Crippen molar-refractivity contribution < 1.29 is 29.0 Å². The van der Waals surface area contributed by atoms with Crippen molar-refractivity contribution in [2.45, 2.75) is 68.9 Å². The summed E-state index contributed by atoms with van der Waals surface area (Å²) in [5, 5.41) is 14.4. The van der Waals surface area contributed by atoms with Crippen LogP contribution in [0.4, 0.5) is 10.7 Å². The lowest BCUT2D eigenvalue weighted by Crippen LogP contribution is -2.25. The van der Waals surface area contributed by atoms with Gasteiger partial charge in [-0.15, -0.1) is 23.1 Å². The highest BCUT2D eigenvalue weighted by atomic mass is 32.2. The van der Waals surface area contributed by atoms with Crippen LogP contribution in [0.5, 0.6) is 0 Å². The van der Waals surface area contributed by atoms with Crippen LogP contribution < -0.4 is 10.6 Å². The fourth-order valence-electron chi connectivity index (χ4n) is 4.08. The molecule has 1 aliphatic rings. The second-order valence-corrected chi connectivity index (χ2v) is 10.9. The van der Waals surface area contributed by atoms with Gasteiger partial charge in [-0.05, 0) is 62.8 Å². The maximum absolute atomic E-state index is 13.3. The summed E-state index contributed by atoms with van der Waals surface area (Å²) in [7, 11) is 0. The van der Waals surface area contributed by atoms with E-state index < -0.39 is 23.1 Å². The lowest BCUT2D eigenvalue weighted by molar-refractivity contribution is -0.131. The van der Waals surface area contributed by atoms with Crippen LogP contribution in [-0.2, 0) is 32.0 Å². The number of esters is 1. The minimum Gasteiger partial charge on any atom is -0.478 e. The zero-order valence-corrected chi connectivity index (χ0v) is 22.6. The van der Waals surface area contributed by atoms with Crippen molar-refractivity contribution in [3.63, 3.8) is 0 Å². The zero-order chi connectivity index (χ0) is 26.8. The molecule has 1 atom stereocenters. The molecule has 0 fully saturated rings. The first-order valence-electron chi connectivity index (χ1n) is 12.4. The number of carbonyl (C=O) groups excluding carboxylic acids is 3. The second-order valence-electron chi connectivity index (χ2n) is 8.54. The molecule has 2 amide bonds. The molecule has 0 spiro atoms. The summed E-state index contributed by atoms with van der Waals surface area (Å²) in [6.45, 7) is 3.96. The van der Waals surface area contributed by atoms with Crippen LogP contribution in [0.25, 0.3) is 0 Å². The first-order valence-corrected chi connectivity index (χ1v) is 14.1. The number of amides is 2. The number of hydrogen-bond acceptors (Lipinski definition) is 7. The summed E-state index contributed by atoms with van der Waals surface area (Å²) in [5.41, 5.74) is 2.00. The predicted molar refractivity (Wildman–Crippen MR) is 147 cm³/mol. The SMILES string of the molecule is CCOC(=O)c1c(NC(=O)C(CC)Sc2cccc(NC(=O)/C=C/C(=O)O)c2)sc2c1CCCCCC2. The van der Waals surface area contributed by atoms with E-state index in [4.69, 9.17) is 9.84 Å². The van der Waals surface area contributed by atoms with Gasteiger partial charge < -0.3 is 20.5 Å². The van der Waals surface area contributed by atoms with Crippen molar-refractivity contribution in [3.05, 3.63) is 52.4 Å². The largest absolute Gasteiger partial charge is 0.478 e. The summed E-state index contributed by atoms with van der Waals surface area (Å²) >= 11 is 2.83. The molecular formula is C27H32N2O6S2. The smallest absolute Gasteiger partial charge is 0.341 e. The molecule has 0 bridgehead atoms. The number of thiophene rings is 1. The van der Waals surface area contributed by atoms with Gasteiger partial charge in [0.25, 0.3) is 0 Å². The molecule has 8 nitrogen and oxygen atoms in total. The zero-order valence-electron chi connectivity index (χ0n) is 21.0. The predicted octanol–water partition coefficient (Wildman–Crippen LogP) is 5.67. The number of aliphatic carboxylic acids is 1. The normalized spacial score (nSPS) is 14.2. The number of ether oxygens (including phenoxy) is 1. The van der Waals surface area contributed by atoms with E-state index >= 15 is 0 Å². The molecule has 3 rings (SSSR count). The molecule has 1 unspecified atom stereocenters. The van der Waals surface area contributed by atoms with E-state index in [1.165, 1.54) is 23.1 Å². The van der Waals surface area contributed by atoms with Gasteiger partial charge in [0.2, 0.25) is 11.8 Å². The van der Waals surface area contributed by atoms with Gasteiger partial charge in [-0.1, -0.05) is 25.8 Å². The molecule has 1 heterocycles. The lowest BCUT2D eigenvalue weighted by atomic mass is 9.96. The van der Waals surface area contributed by atoms with E-state index in [1.54, 1.807) is 25.1 Å². The van der Waals surface area contributed by atoms with E-state index in [0.29, 0.717) is 22.7 Å². The highest BCUT2D eigenvalue weighted by Gasteiger charge is 2.28. The molecule has 2 aromatic rings. The molecule has 3 N–H and O–H groups in total. The maximum atomic E-state index is 13.3. The molecule has 37 heavy (non-hydrogen) atoms. The van der Waals surface area contributed by atoms with Gasteiger partial charge in [0.05, 0.1) is 17.4 Å². The van der Waals surface area contributed by atoms with Crippen LogP contribution in [0.15, 0.2) is 41.3 Å². The fourth-order valence-corrected chi connectivity index (χ4v) is 6.38. The molecule has 0 saturated heterocycles. The molecule has 0 radical (unpaired) electrons. The van der Waals surface area contributed by atoms with E-state index in [2.05, 4.69) is 10.6 Å². The Balaban J connectivity index is 1.76. The minimum absolute atomic E-state index is 0.203. The lowest BCUT2D eigenvalue weighted by Gasteiger charge is -2.16. The fraction of sp³-hybridized carbons (Fsp3) is 0.407. The molecule has 1 aliphatic carbocycles. The Morgan fingerprint density at radius 2 is 1.84 bits per heavy atom. The summed E-state index contributed by atoms with van der Waals surface area (Å²) in [4.78, 5) is 50.6. The van der Waals surface area contributed by atoms with Crippen molar-refractivity contribution in [1.82, 2.24) is 0 Å². The standard InChI is InChI=1S/C27H32N2O6S2/c1-3-20(36-18-11-9-10-17(16-18)28-22(30)14-15-23(31)32)25(33)29-26-24(27(34)35-4-2)19-12-7-5-6-8-13-21(19)37-26/h9-11,14-16,20H,3-8,12-13H2,1-2H3,(H,28,30)(H,29,33)(H,31,32)/b15-14+. The Kier molecular flexibility index (Phi) is 10.8. The van der Waals surface area contributed by atoms with Crippen LogP contribution in [-0.4, -0.2) is 40.7 Å². The number of anilines is 2. The van der Waals surface area contributed by atoms with E-state index in [1.807, 2.05) is 13.0 Å². The number of fused-ring (bicyclic) bond motifs is 1. The number of carboxylic acids is 1. The van der Waals surface area contributed by atoms with Crippen molar-refractivity contribution in [2.24, 2.45) is 0 Å². The molecule has 0 saturated carbocycles. The molecule has 0 aliphatic heterocycles. The van der Waals surface area contributed by atoms with Crippen LogP contribution >= 0.6 is 23.1 Å². The molecule has 1 aromatic carbocycles. The van der Waals surface area contributed by atoms with Crippen molar-refractivity contribution in [3.8, 4) is 0 Å². The van der Waals surface area contributed by atoms with Crippen molar-refractivity contribution >= 4 is 57.5 Å². The Morgan fingerprint density at radius 1 is 1.08 bits per heavy atom. The van der Waals surface area contributed by atoms with Crippen molar-refractivity contribution in [1.29, 1.82) is 0 Å². The number of rotatable bonds is 10. The van der Waals surface area contributed by atoms with Gasteiger partial charge in [-0.25, -0.2) is 9.59 Å². The number of benzene rings is 1. The van der Waals surface area contributed by atoms with Gasteiger partial charge in [0, 0.05) is 27.6 Å². The van der Waals surface area contributed by atoms with Crippen LogP contribution in [0.1, 0.15) is 66.8 Å². The monoisotopic (exact) mass is 544 g/mol. The van der Waals surface area contributed by atoms with Gasteiger partial charge in [-0.2, -0.15) is 0 Å². The van der Waals surface area contributed by atoms with Crippen LogP contribution in [0, 0.1) is 0 Å². The Bertz CT molecular complexity index is 1170. The molecule has 10 heteroatoms. The van der Waals surface area contributed by atoms with E-state index in [-0.39, 0.29) is 12.5 Å². The third-order valence-corrected chi connectivity index (χ3v) is 8.37. The number of thioether (sulfide) groups is 1. The Hall–Kier alpha value is -3.11. The Morgan fingerprint density at radius 3 is 2.54 bits per heavy atom. The average molecular weight is 545 g/mol. The number of carbonyl (C=O) groups is 4. The topological polar surface area (TPSA) is 122 Å². The first kappa shape index (κ1) is 28.5.